The summed E-state index contributed by atoms with van der Waals surface area (Å²) in [6.07, 6.45) is -0.531. The van der Waals surface area contributed by atoms with Crippen LogP contribution in [0.2, 0.25) is 0 Å². The second-order valence-electron chi connectivity index (χ2n) is 5.57. The van der Waals surface area contributed by atoms with Crippen molar-refractivity contribution in [1.29, 1.82) is 0 Å². The van der Waals surface area contributed by atoms with Crippen molar-refractivity contribution in [3.8, 4) is 0 Å². The minimum absolute atomic E-state index is 0.0898. The first-order valence-corrected chi connectivity index (χ1v) is 6.22. The molecule has 0 bridgehead atoms. The normalized spacial score (nSPS) is 13.6. The third-order valence-corrected chi connectivity index (χ3v) is 2.53. The Morgan fingerprint density at radius 1 is 1.33 bits per heavy atom. The molecular formula is C14H23FNO2+. The van der Waals surface area contributed by atoms with E-state index >= 15 is 0 Å². The molecule has 0 unspecified atom stereocenters. The summed E-state index contributed by atoms with van der Waals surface area (Å²) in [5.74, 6) is -0.270. The van der Waals surface area contributed by atoms with Gasteiger partial charge in [-0.1, -0.05) is 18.2 Å². The van der Waals surface area contributed by atoms with Crippen molar-refractivity contribution in [3.63, 3.8) is 0 Å². The number of hydrogen-bond acceptors (Lipinski definition) is 2. The molecule has 0 aromatic heterocycles. The van der Waals surface area contributed by atoms with Crippen LogP contribution in [-0.4, -0.2) is 29.9 Å². The zero-order chi connectivity index (χ0) is 13.6. The molecule has 1 aromatic carbocycles. The van der Waals surface area contributed by atoms with Gasteiger partial charge in [0.2, 0.25) is 0 Å². The van der Waals surface area contributed by atoms with E-state index in [9.17, 15) is 9.50 Å². The first-order chi connectivity index (χ1) is 8.38. The highest BCUT2D eigenvalue weighted by atomic mass is 19.1. The highest BCUT2D eigenvalue weighted by Crippen LogP contribution is 2.07. The SMILES string of the molecule is CC(C)(C)[NH2+]C[C@@H](O)COCc1ccccc1F. The van der Waals surface area contributed by atoms with Gasteiger partial charge >= 0.3 is 0 Å². The molecule has 0 amide bonds. The van der Waals surface area contributed by atoms with Crippen molar-refractivity contribution in [2.45, 2.75) is 39.0 Å². The first-order valence-electron chi connectivity index (χ1n) is 6.22. The van der Waals surface area contributed by atoms with Crippen LogP contribution in [0.15, 0.2) is 24.3 Å². The summed E-state index contributed by atoms with van der Waals surface area (Å²) in [5, 5.41) is 11.8. The summed E-state index contributed by atoms with van der Waals surface area (Å²) in [6.45, 7) is 7.25. The molecule has 0 aliphatic heterocycles. The van der Waals surface area contributed by atoms with Crippen molar-refractivity contribution >= 4 is 0 Å². The van der Waals surface area contributed by atoms with E-state index in [0.29, 0.717) is 12.1 Å². The molecule has 0 heterocycles. The Balaban J connectivity index is 2.24. The third kappa shape index (κ3) is 6.10. The molecule has 1 rings (SSSR count). The predicted molar refractivity (Wildman–Crippen MR) is 68.6 cm³/mol. The molecular weight excluding hydrogens is 233 g/mol. The molecule has 18 heavy (non-hydrogen) atoms. The van der Waals surface area contributed by atoms with Crippen LogP contribution >= 0.6 is 0 Å². The van der Waals surface area contributed by atoms with Crippen LogP contribution in [-0.2, 0) is 11.3 Å². The van der Waals surface area contributed by atoms with Gasteiger partial charge in [-0.3, -0.25) is 0 Å². The number of hydrogen-bond donors (Lipinski definition) is 2. The molecule has 0 aliphatic rings. The van der Waals surface area contributed by atoms with E-state index in [1.807, 2.05) is 0 Å². The van der Waals surface area contributed by atoms with Gasteiger partial charge in [-0.25, -0.2) is 4.39 Å². The third-order valence-electron chi connectivity index (χ3n) is 2.53. The van der Waals surface area contributed by atoms with Gasteiger partial charge < -0.3 is 15.2 Å². The topological polar surface area (TPSA) is 46.1 Å². The fourth-order valence-electron chi connectivity index (χ4n) is 1.48. The predicted octanol–water partition coefficient (Wildman–Crippen LogP) is 1.07. The maximum Gasteiger partial charge on any atom is 0.128 e. The Morgan fingerprint density at radius 3 is 2.61 bits per heavy atom. The molecule has 3 N–H and O–H groups in total. The van der Waals surface area contributed by atoms with E-state index in [1.165, 1.54) is 6.07 Å². The quantitative estimate of drug-likeness (QED) is 0.799. The molecule has 0 saturated carbocycles. The number of benzene rings is 1. The summed E-state index contributed by atoms with van der Waals surface area (Å²) in [5.41, 5.74) is 0.608. The highest BCUT2D eigenvalue weighted by molar-refractivity contribution is 5.16. The van der Waals surface area contributed by atoms with Gasteiger partial charge in [-0.05, 0) is 26.8 Å². The van der Waals surface area contributed by atoms with Crippen molar-refractivity contribution in [1.82, 2.24) is 0 Å². The van der Waals surface area contributed by atoms with Gasteiger partial charge in [0.15, 0.2) is 0 Å². The van der Waals surface area contributed by atoms with E-state index < -0.39 is 6.10 Å². The number of nitrogens with two attached hydrogens (primary N) is 1. The van der Waals surface area contributed by atoms with E-state index in [4.69, 9.17) is 4.74 Å². The summed E-state index contributed by atoms with van der Waals surface area (Å²) in [6, 6.07) is 6.50. The second-order valence-corrected chi connectivity index (χ2v) is 5.57. The fraction of sp³-hybridized carbons (Fsp3) is 0.571. The number of rotatable bonds is 6. The standard InChI is InChI=1S/C14H22FNO2/c1-14(2,3)16-8-12(17)10-18-9-11-6-4-5-7-13(11)15/h4-7,12,16-17H,8-10H2,1-3H3/p+1/t12-/m1/s1. The Hall–Kier alpha value is -0.970. The molecule has 0 saturated heterocycles. The van der Waals surface area contributed by atoms with Gasteiger partial charge in [0.25, 0.3) is 0 Å². The van der Waals surface area contributed by atoms with Gasteiger partial charge in [-0.15, -0.1) is 0 Å². The summed E-state index contributed by atoms with van der Waals surface area (Å²) in [4.78, 5) is 0. The molecule has 1 atom stereocenters. The van der Waals surface area contributed by atoms with Gasteiger partial charge in [-0.2, -0.15) is 0 Å². The first kappa shape index (κ1) is 15.1. The zero-order valence-electron chi connectivity index (χ0n) is 11.3. The summed E-state index contributed by atoms with van der Waals surface area (Å²) in [7, 11) is 0. The lowest BCUT2D eigenvalue weighted by Gasteiger charge is -2.19. The van der Waals surface area contributed by atoms with E-state index in [0.717, 1.165) is 0 Å². The minimum Gasteiger partial charge on any atom is -0.385 e. The van der Waals surface area contributed by atoms with Crippen molar-refractivity contribution in [2.24, 2.45) is 0 Å². The average Bonchev–Trinajstić information content (AvgIpc) is 2.28. The number of aliphatic hydroxyl groups excluding tert-OH is 1. The Labute approximate surface area is 108 Å². The van der Waals surface area contributed by atoms with Crippen LogP contribution in [0.25, 0.3) is 0 Å². The molecule has 1 aromatic rings. The maximum atomic E-state index is 13.3. The minimum atomic E-state index is -0.531. The zero-order valence-corrected chi connectivity index (χ0v) is 11.3. The van der Waals surface area contributed by atoms with Crippen LogP contribution in [0.5, 0.6) is 0 Å². The van der Waals surface area contributed by atoms with Crippen molar-refractivity contribution in [3.05, 3.63) is 35.6 Å². The van der Waals surface area contributed by atoms with Crippen LogP contribution in [0.1, 0.15) is 26.3 Å². The van der Waals surface area contributed by atoms with Crippen LogP contribution in [0.3, 0.4) is 0 Å². The number of quaternary nitrogens is 1. The molecule has 0 fully saturated rings. The molecule has 0 spiro atoms. The molecule has 0 aliphatic carbocycles. The van der Waals surface area contributed by atoms with Crippen molar-refractivity contribution < 1.29 is 19.6 Å². The van der Waals surface area contributed by atoms with Gasteiger partial charge in [0.1, 0.15) is 18.5 Å². The maximum absolute atomic E-state index is 13.3. The molecule has 102 valence electrons. The largest absolute Gasteiger partial charge is 0.385 e. The van der Waals surface area contributed by atoms with Crippen LogP contribution in [0, 0.1) is 5.82 Å². The number of aliphatic hydroxyl groups is 1. The lowest BCUT2D eigenvalue weighted by atomic mass is 10.1. The lowest BCUT2D eigenvalue weighted by Crippen LogP contribution is -2.96. The van der Waals surface area contributed by atoms with Crippen LogP contribution in [0.4, 0.5) is 4.39 Å². The fourth-order valence-corrected chi connectivity index (χ4v) is 1.48. The van der Waals surface area contributed by atoms with E-state index in [1.54, 1.807) is 18.2 Å². The Kier molecular flexibility index (Phi) is 5.72. The Bertz CT molecular complexity index is 363. The van der Waals surface area contributed by atoms with E-state index in [2.05, 4.69) is 26.1 Å². The lowest BCUT2D eigenvalue weighted by molar-refractivity contribution is -0.722. The van der Waals surface area contributed by atoms with Gasteiger partial charge in [0, 0.05) is 5.56 Å². The van der Waals surface area contributed by atoms with Gasteiger partial charge in [0.05, 0.1) is 18.8 Å². The number of halogens is 1. The average molecular weight is 256 g/mol. The van der Waals surface area contributed by atoms with Crippen LogP contribution < -0.4 is 5.32 Å². The summed E-state index contributed by atoms with van der Waals surface area (Å²) >= 11 is 0. The number of ether oxygens (including phenoxy) is 1. The van der Waals surface area contributed by atoms with E-state index in [-0.39, 0.29) is 24.6 Å². The molecule has 4 heteroatoms. The monoisotopic (exact) mass is 256 g/mol. The molecule has 3 nitrogen and oxygen atoms in total. The summed E-state index contributed by atoms with van der Waals surface area (Å²) < 4.78 is 18.6. The van der Waals surface area contributed by atoms with Crippen molar-refractivity contribution in [2.75, 3.05) is 13.2 Å². The second kappa shape index (κ2) is 6.83. The smallest absolute Gasteiger partial charge is 0.128 e. The Morgan fingerprint density at radius 2 is 2.00 bits per heavy atom. The molecule has 0 radical (unpaired) electrons. The highest BCUT2D eigenvalue weighted by Gasteiger charge is 2.16.